The van der Waals surface area contributed by atoms with Crippen molar-refractivity contribution in [3.05, 3.63) is 35.9 Å². The standard InChI is InChI=1S/C20H21FO5S/c21-20(27,17(23)25-11-12-4-2-1-3-5-12)18(24)26-19-8-13-6-14(9-19)16(22)15(7-13)10-19/h1-5,13-15,27H,6-11H2. The zero-order valence-electron chi connectivity index (χ0n) is 14.7. The lowest BCUT2D eigenvalue weighted by Gasteiger charge is -2.54. The van der Waals surface area contributed by atoms with Crippen LogP contribution in [0, 0.1) is 17.8 Å². The molecular formula is C20H21FO5S. The molecule has 4 fully saturated rings. The van der Waals surface area contributed by atoms with Gasteiger partial charge in [0.15, 0.2) is 0 Å². The van der Waals surface area contributed by atoms with E-state index in [0.29, 0.717) is 30.7 Å². The van der Waals surface area contributed by atoms with Gasteiger partial charge < -0.3 is 9.47 Å². The smallest absolute Gasteiger partial charge is 0.367 e. The summed E-state index contributed by atoms with van der Waals surface area (Å²) in [4.78, 5) is 36.7. The molecule has 4 saturated carbocycles. The molecule has 0 aromatic heterocycles. The van der Waals surface area contributed by atoms with Crippen LogP contribution >= 0.6 is 12.6 Å². The summed E-state index contributed by atoms with van der Waals surface area (Å²) in [7, 11) is 0. The predicted octanol–water partition coefficient (Wildman–Crippen LogP) is 3.02. The number of hydrogen-bond acceptors (Lipinski definition) is 6. The topological polar surface area (TPSA) is 69.7 Å². The second-order valence-corrected chi connectivity index (χ2v) is 8.62. The van der Waals surface area contributed by atoms with Gasteiger partial charge >= 0.3 is 16.9 Å². The lowest BCUT2D eigenvalue weighted by molar-refractivity contribution is -0.198. The number of rotatable bonds is 5. The Bertz CT molecular complexity index is 760. The second kappa shape index (κ2) is 6.62. The van der Waals surface area contributed by atoms with Gasteiger partial charge in [0.05, 0.1) is 0 Å². The number of ether oxygens (including phenoxy) is 2. The number of Topliss-reactive ketones (excluding diaryl/α,β-unsaturated/α-hetero) is 1. The van der Waals surface area contributed by atoms with Gasteiger partial charge in [-0.05, 0) is 43.6 Å². The van der Waals surface area contributed by atoms with E-state index in [1.807, 2.05) is 0 Å². The van der Waals surface area contributed by atoms with Crippen molar-refractivity contribution in [1.82, 2.24) is 0 Å². The molecule has 0 radical (unpaired) electrons. The molecule has 0 aliphatic heterocycles. The molecule has 0 spiro atoms. The molecule has 0 saturated heterocycles. The minimum absolute atomic E-state index is 0.122. The van der Waals surface area contributed by atoms with E-state index in [0.717, 1.165) is 12.8 Å². The van der Waals surface area contributed by atoms with Crippen molar-refractivity contribution in [3.8, 4) is 0 Å². The van der Waals surface area contributed by atoms with E-state index in [1.165, 1.54) is 0 Å². The third-order valence-electron chi connectivity index (χ3n) is 6.00. The fourth-order valence-electron chi connectivity index (χ4n) is 4.97. The third-order valence-corrected chi connectivity index (χ3v) is 6.37. The van der Waals surface area contributed by atoms with Gasteiger partial charge in [-0.3, -0.25) is 4.79 Å². The van der Waals surface area contributed by atoms with Gasteiger partial charge in [0, 0.05) is 11.8 Å². The molecule has 3 atom stereocenters. The van der Waals surface area contributed by atoms with Gasteiger partial charge in [-0.1, -0.05) is 30.3 Å². The lowest BCUT2D eigenvalue weighted by atomic mass is 9.53. The van der Waals surface area contributed by atoms with Crippen LogP contribution in [0.4, 0.5) is 4.39 Å². The number of halogens is 1. The van der Waals surface area contributed by atoms with Gasteiger partial charge in [0.2, 0.25) is 0 Å². The maximum absolute atomic E-state index is 14.8. The average molecular weight is 392 g/mol. The van der Waals surface area contributed by atoms with Crippen LogP contribution in [0.3, 0.4) is 0 Å². The molecule has 0 N–H and O–H groups in total. The molecule has 0 amide bonds. The van der Waals surface area contributed by atoms with Crippen molar-refractivity contribution >= 4 is 30.4 Å². The summed E-state index contributed by atoms with van der Waals surface area (Å²) in [6, 6.07) is 8.76. The Morgan fingerprint density at radius 1 is 1.11 bits per heavy atom. The summed E-state index contributed by atoms with van der Waals surface area (Å²) in [5.74, 6) is -2.44. The summed E-state index contributed by atoms with van der Waals surface area (Å²) in [6.07, 6.45) is 3.06. The number of carbonyl (C=O) groups is 3. The van der Waals surface area contributed by atoms with E-state index in [2.05, 4.69) is 12.6 Å². The first-order valence-electron chi connectivity index (χ1n) is 9.19. The van der Waals surface area contributed by atoms with Crippen molar-refractivity contribution in [2.75, 3.05) is 0 Å². The summed E-state index contributed by atoms with van der Waals surface area (Å²) >= 11 is 3.61. The molecule has 3 unspecified atom stereocenters. The molecule has 144 valence electrons. The lowest BCUT2D eigenvalue weighted by Crippen LogP contribution is -2.58. The van der Waals surface area contributed by atoms with Crippen molar-refractivity contribution in [2.24, 2.45) is 17.8 Å². The normalized spacial score (nSPS) is 33.4. The zero-order chi connectivity index (χ0) is 19.2. The molecule has 0 heterocycles. The van der Waals surface area contributed by atoms with Crippen LogP contribution in [0.25, 0.3) is 0 Å². The Balaban J connectivity index is 1.41. The first kappa shape index (κ1) is 18.5. The molecule has 5 rings (SSSR count). The van der Waals surface area contributed by atoms with Crippen LogP contribution in [0.5, 0.6) is 0 Å². The molecule has 1 aromatic carbocycles. The monoisotopic (exact) mass is 392 g/mol. The Morgan fingerprint density at radius 3 is 2.37 bits per heavy atom. The summed E-state index contributed by atoms with van der Waals surface area (Å²) < 4.78 is 25.2. The number of hydrogen-bond donors (Lipinski definition) is 1. The van der Waals surface area contributed by atoms with Crippen LogP contribution in [-0.2, 0) is 30.5 Å². The largest absolute Gasteiger partial charge is 0.457 e. The third kappa shape index (κ3) is 3.37. The Labute approximate surface area is 162 Å². The van der Waals surface area contributed by atoms with Crippen LogP contribution in [0.1, 0.15) is 37.7 Å². The van der Waals surface area contributed by atoms with E-state index < -0.39 is 22.5 Å². The highest BCUT2D eigenvalue weighted by molar-refractivity contribution is 7.83. The highest BCUT2D eigenvalue weighted by atomic mass is 32.1. The molecule has 5 nitrogen and oxygen atoms in total. The van der Waals surface area contributed by atoms with Gasteiger partial charge in [0.1, 0.15) is 18.0 Å². The Hall–Kier alpha value is -1.89. The van der Waals surface area contributed by atoms with E-state index in [4.69, 9.17) is 9.47 Å². The van der Waals surface area contributed by atoms with Crippen molar-refractivity contribution in [3.63, 3.8) is 0 Å². The van der Waals surface area contributed by atoms with Gasteiger partial charge in [0.25, 0.3) is 0 Å². The Kier molecular flexibility index (Phi) is 4.53. The highest BCUT2D eigenvalue weighted by Gasteiger charge is 2.59. The zero-order valence-corrected chi connectivity index (χ0v) is 15.6. The van der Waals surface area contributed by atoms with Gasteiger partial charge in [-0.25, -0.2) is 14.0 Å². The van der Waals surface area contributed by atoms with E-state index >= 15 is 0 Å². The van der Waals surface area contributed by atoms with Gasteiger partial charge in [-0.2, -0.15) is 0 Å². The summed E-state index contributed by atoms with van der Waals surface area (Å²) in [5.41, 5.74) is -0.190. The molecule has 1 aromatic rings. The van der Waals surface area contributed by atoms with Crippen LogP contribution in [0.2, 0.25) is 0 Å². The number of carbonyl (C=O) groups excluding carboxylic acids is 3. The van der Waals surface area contributed by atoms with E-state index in [1.54, 1.807) is 30.3 Å². The quantitative estimate of drug-likeness (QED) is 0.474. The fraction of sp³-hybridized carbons (Fsp3) is 0.550. The number of benzene rings is 1. The maximum atomic E-state index is 14.8. The summed E-state index contributed by atoms with van der Waals surface area (Å²) in [6.45, 7) is -0.162. The number of esters is 2. The number of alkyl halides is 1. The second-order valence-electron chi connectivity index (χ2n) is 8.00. The fourth-order valence-corrected chi connectivity index (χ4v) is 5.08. The first-order chi connectivity index (χ1) is 12.8. The highest BCUT2D eigenvalue weighted by Crippen LogP contribution is 2.55. The van der Waals surface area contributed by atoms with E-state index in [-0.39, 0.29) is 24.2 Å². The molecule has 4 bridgehead atoms. The van der Waals surface area contributed by atoms with Crippen LogP contribution < -0.4 is 0 Å². The predicted molar refractivity (Wildman–Crippen MR) is 96.4 cm³/mol. The first-order valence-corrected chi connectivity index (χ1v) is 9.63. The average Bonchev–Trinajstić information content (AvgIpc) is 2.63. The molecule has 27 heavy (non-hydrogen) atoms. The van der Waals surface area contributed by atoms with Crippen molar-refractivity contribution in [1.29, 1.82) is 0 Å². The number of thiol groups is 1. The molecule has 4 aliphatic carbocycles. The maximum Gasteiger partial charge on any atom is 0.367 e. The summed E-state index contributed by atoms with van der Waals surface area (Å²) in [5, 5.41) is -3.18. The minimum atomic E-state index is -3.18. The van der Waals surface area contributed by atoms with Gasteiger partial charge in [-0.15, -0.1) is 12.6 Å². The van der Waals surface area contributed by atoms with Crippen LogP contribution in [0.15, 0.2) is 30.3 Å². The Morgan fingerprint density at radius 2 is 1.74 bits per heavy atom. The van der Waals surface area contributed by atoms with Crippen molar-refractivity contribution in [2.45, 2.75) is 49.3 Å². The minimum Gasteiger partial charge on any atom is -0.457 e. The molecular weight excluding hydrogens is 371 g/mol. The molecule has 7 heteroatoms. The van der Waals surface area contributed by atoms with Crippen molar-refractivity contribution < 1.29 is 28.2 Å². The molecule has 4 aliphatic rings. The SMILES string of the molecule is O=C1C2CC3CC1CC(OC(=O)C(F)(S)C(=O)OCc1ccccc1)(C3)C2. The number of ketones is 1. The van der Waals surface area contributed by atoms with E-state index in [9.17, 15) is 18.8 Å². The van der Waals surface area contributed by atoms with Crippen LogP contribution in [-0.4, -0.2) is 28.3 Å².